The minimum absolute atomic E-state index is 0.619. The highest BCUT2D eigenvalue weighted by Crippen LogP contribution is 2.30. The Labute approximate surface area is 126 Å². The highest BCUT2D eigenvalue weighted by molar-refractivity contribution is 7.13. The third-order valence-electron chi connectivity index (χ3n) is 4.14. The van der Waals surface area contributed by atoms with Gasteiger partial charge in [0, 0.05) is 0 Å². The van der Waals surface area contributed by atoms with Gasteiger partial charge in [-0.2, -0.15) is 0 Å². The molecule has 0 bridgehead atoms. The van der Waals surface area contributed by atoms with Crippen molar-refractivity contribution in [1.29, 1.82) is 0 Å². The summed E-state index contributed by atoms with van der Waals surface area (Å²) in [6.07, 6.45) is 0. The third kappa shape index (κ3) is 2.69. The predicted molar refractivity (Wildman–Crippen MR) is 87.8 cm³/mol. The maximum atomic E-state index is 5.92. The van der Waals surface area contributed by atoms with Gasteiger partial charge in [-0.3, -0.25) is 0 Å². The summed E-state index contributed by atoms with van der Waals surface area (Å²) in [6, 6.07) is 7.60. The Balaban J connectivity index is 2.50. The van der Waals surface area contributed by atoms with Gasteiger partial charge in [0.25, 0.3) is 0 Å². The van der Waals surface area contributed by atoms with Crippen LogP contribution in [-0.4, -0.2) is 19.7 Å². The zero-order chi connectivity index (χ0) is 14.6. The first-order chi connectivity index (χ1) is 9.70. The van der Waals surface area contributed by atoms with Crippen molar-refractivity contribution in [2.75, 3.05) is 6.61 Å². The molecule has 0 unspecified atom stereocenters. The smallest absolute Gasteiger partial charge is 0.304 e. The minimum atomic E-state index is -1.59. The van der Waals surface area contributed by atoms with Gasteiger partial charge in [-0.25, -0.2) is 4.98 Å². The van der Waals surface area contributed by atoms with Crippen LogP contribution in [0.3, 0.4) is 0 Å². The predicted octanol–water partition coefficient (Wildman–Crippen LogP) is 4.52. The highest BCUT2D eigenvalue weighted by Gasteiger charge is 2.37. The molecule has 0 aliphatic rings. The lowest BCUT2D eigenvalue weighted by Crippen LogP contribution is -2.47. The van der Waals surface area contributed by atoms with Gasteiger partial charge in [0.2, 0.25) is 5.89 Å². The van der Waals surface area contributed by atoms with Gasteiger partial charge < -0.3 is 9.15 Å². The van der Waals surface area contributed by atoms with Crippen LogP contribution in [0.4, 0.5) is 0 Å². The molecule has 2 heterocycles. The fraction of sp³-hybridized carbons (Fsp3) is 0.533. The number of ether oxygens (including phenoxy) is 1. The van der Waals surface area contributed by atoms with Gasteiger partial charge >= 0.3 is 5.95 Å². The topological polar surface area (TPSA) is 35.3 Å². The maximum Gasteiger partial charge on any atom is 0.304 e. The lowest BCUT2D eigenvalue weighted by molar-refractivity contribution is 0.263. The molecule has 0 radical (unpaired) electrons. The molecule has 3 nitrogen and oxygen atoms in total. The van der Waals surface area contributed by atoms with Crippen molar-refractivity contribution in [1.82, 2.24) is 4.98 Å². The lowest BCUT2D eigenvalue weighted by atomic mass is 10.5. The van der Waals surface area contributed by atoms with E-state index in [4.69, 9.17) is 14.1 Å². The van der Waals surface area contributed by atoms with Crippen LogP contribution in [0.15, 0.2) is 21.9 Å². The molecule has 0 aliphatic carbocycles. The molecule has 0 aliphatic heterocycles. The molecule has 0 saturated heterocycles. The molecule has 20 heavy (non-hydrogen) atoms. The van der Waals surface area contributed by atoms with Crippen LogP contribution < -0.4 is 10.1 Å². The number of rotatable bonds is 7. The van der Waals surface area contributed by atoms with E-state index >= 15 is 0 Å². The Kier molecular flexibility index (Phi) is 5.04. The number of oxazole rings is 1. The maximum absolute atomic E-state index is 5.92. The quantitative estimate of drug-likeness (QED) is 0.705. The largest absolute Gasteiger partial charge is 0.464 e. The molecule has 0 fully saturated rings. The second kappa shape index (κ2) is 6.59. The van der Waals surface area contributed by atoms with Crippen molar-refractivity contribution in [2.45, 2.75) is 45.8 Å². The zero-order valence-corrected chi connectivity index (χ0v) is 14.5. The molecule has 2 aromatic heterocycles. The lowest BCUT2D eigenvalue weighted by Gasteiger charge is -2.25. The van der Waals surface area contributed by atoms with E-state index in [1.807, 2.05) is 24.4 Å². The molecule has 110 valence electrons. The molecule has 5 heteroatoms. The SMILES string of the molecule is CCOc1oc(-c2cccs2)nc1[Si](CC)(CC)CC. The van der Waals surface area contributed by atoms with Gasteiger partial charge in [-0.15, -0.1) is 11.3 Å². The minimum Gasteiger partial charge on any atom is -0.464 e. The van der Waals surface area contributed by atoms with Crippen molar-refractivity contribution in [2.24, 2.45) is 0 Å². The summed E-state index contributed by atoms with van der Waals surface area (Å²) in [5.41, 5.74) is 0. The van der Waals surface area contributed by atoms with Gasteiger partial charge in [0.1, 0.15) is 13.4 Å². The Morgan fingerprint density at radius 2 is 1.90 bits per heavy atom. The van der Waals surface area contributed by atoms with Crippen molar-refractivity contribution >= 4 is 24.7 Å². The first kappa shape index (κ1) is 15.3. The van der Waals surface area contributed by atoms with E-state index in [2.05, 4.69) is 20.8 Å². The number of thiophene rings is 1. The Morgan fingerprint density at radius 1 is 1.20 bits per heavy atom. The van der Waals surface area contributed by atoms with Crippen LogP contribution in [-0.2, 0) is 0 Å². The van der Waals surface area contributed by atoms with Gasteiger partial charge in [0.05, 0.1) is 11.5 Å². The number of hydrogen-bond donors (Lipinski definition) is 0. The van der Waals surface area contributed by atoms with Crippen molar-refractivity contribution in [3.8, 4) is 16.7 Å². The van der Waals surface area contributed by atoms with Crippen LogP contribution in [0.5, 0.6) is 5.95 Å². The Hall–Kier alpha value is -1.07. The van der Waals surface area contributed by atoms with Crippen LogP contribution in [0, 0.1) is 0 Å². The fourth-order valence-electron chi connectivity index (χ4n) is 2.63. The van der Waals surface area contributed by atoms with Gasteiger partial charge in [0.15, 0.2) is 0 Å². The molecule has 0 spiro atoms. The van der Waals surface area contributed by atoms with Crippen molar-refractivity contribution < 1.29 is 9.15 Å². The molecule has 2 aromatic rings. The molecular weight excluding hydrogens is 286 g/mol. The van der Waals surface area contributed by atoms with E-state index in [-0.39, 0.29) is 0 Å². The average molecular weight is 310 g/mol. The summed E-state index contributed by atoms with van der Waals surface area (Å²) in [5, 5.41) is 3.17. The second-order valence-electron chi connectivity index (χ2n) is 4.91. The van der Waals surface area contributed by atoms with Crippen LogP contribution >= 0.6 is 11.3 Å². The monoisotopic (exact) mass is 309 g/mol. The van der Waals surface area contributed by atoms with E-state index in [1.54, 1.807) is 11.3 Å². The first-order valence-corrected chi connectivity index (χ1v) is 10.9. The summed E-state index contributed by atoms with van der Waals surface area (Å²) in [6.45, 7) is 9.43. The van der Waals surface area contributed by atoms with Crippen LogP contribution in [0.2, 0.25) is 18.1 Å². The van der Waals surface area contributed by atoms with E-state index in [9.17, 15) is 0 Å². The van der Waals surface area contributed by atoms with Crippen molar-refractivity contribution in [3.05, 3.63) is 17.5 Å². The first-order valence-electron chi connectivity index (χ1n) is 7.38. The molecular formula is C15H23NO2SSi. The summed E-state index contributed by atoms with van der Waals surface area (Å²) >= 11 is 1.65. The summed E-state index contributed by atoms with van der Waals surface area (Å²) in [5.74, 6) is 1.37. The Bertz CT molecular complexity index is 524. The number of aromatic nitrogens is 1. The van der Waals surface area contributed by atoms with E-state index in [0.29, 0.717) is 18.4 Å². The zero-order valence-electron chi connectivity index (χ0n) is 12.7. The summed E-state index contributed by atoms with van der Waals surface area (Å²) < 4.78 is 11.7. The molecule has 0 saturated carbocycles. The van der Waals surface area contributed by atoms with E-state index in [1.165, 1.54) is 18.1 Å². The summed E-state index contributed by atoms with van der Waals surface area (Å²) in [4.78, 5) is 5.91. The van der Waals surface area contributed by atoms with E-state index in [0.717, 1.165) is 10.2 Å². The van der Waals surface area contributed by atoms with Crippen LogP contribution in [0.25, 0.3) is 10.8 Å². The third-order valence-corrected chi connectivity index (χ3v) is 10.4. The molecule has 0 amide bonds. The second-order valence-corrected chi connectivity index (χ2v) is 11.0. The summed E-state index contributed by atoms with van der Waals surface area (Å²) in [7, 11) is -1.59. The number of hydrogen-bond acceptors (Lipinski definition) is 4. The van der Waals surface area contributed by atoms with Gasteiger partial charge in [-0.05, 0) is 18.4 Å². The van der Waals surface area contributed by atoms with E-state index < -0.39 is 8.07 Å². The Morgan fingerprint density at radius 3 is 2.40 bits per heavy atom. The molecule has 0 aromatic carbocycles. The molecule has 0 atom stereocenters. The number of nitrogens with zero attached hydrogens (tertiary/aromatic N) is 1. The van der Waals surface area contributed by atoms with Crippen molar-refractivity contribution in [3.63, 3.8) is 0 Å². The average Bonchev–Trinajstić information content (AvgIpc) is 3.12. The normalized spacial score (nSPS) is 11.8. The van der Waals surface area contributed by atoms with Gasteiger partial charge in [-0.1, -0.05) is 45.0 Å². The fourth-order valence-corrected chi connectivity index (χ4v) is 6.68. The standard InChI is InChI=1S/C15H23NO2SSi/c1-5-17-15-14(20(6-2,7-3)8-4)16-13(18-15)12-10-9-11-19-12/h9-11H,5-8H2,1-4H3. The molecule has 0 N–H and O–H groups in total. The van der Waals surface area contributed by atoms with Crippen LogP contribution in [0.1, 0.15) is 27.7 Å². The highest BCUT2D eigenvalue weighted by atomic mass is 32.1. The molecule has 2 rings (SSSR count).